The number of likely N-dealkylation sites (N-methyl/N-ethyl adjacent to an activating group) is 1. The molecule has 3 heteroatoms. The van der Waals surface area contributed by atoms with E-state index in [1.807, 2.05) is 50.5 Å². The van der Waals surface area contributed by atoms with Crippen molar-refractivity contribution in [3.63, 3.8) is 0 Å². The molecular formula is C20H22N2O. The number of ether oxygens (including phenoxy) is 1. The summed E-state index contributed by atoms with van der Waals surface area (Å²) in [6, 6.07) is 20.6. The summed E-state index contributed by atoms with van der Waals surface area (Å²) in [6.45, 7) is 2.92. The minimum absolute atomic E-state index is 0.0854. The second-order valence-corrected chi connectivity index (χ2v) is 6.09. The van der Waals surface area contributed by atoms with E-state index >= 15 is 0 Å². The van der Waals surface area contributed by atoms with Gasteiger partial charge in [0.2, 0.25) is 5.88 Å². The molecule has 0 spiro atoms. The van der Waals surface area contributed by atoms with Crippen molar-refractivity contribution in [3.8, 4) is 17.1 Å². The molecule has 0 radical (unpaired) electrons. The van der Waals surface area contributed by atoms with Crippen molar-refractivity contribution in [2.45, 2.75) is 13.0 Å². The van der Waals surface area contributed by atoms with Crippen LogP contribution in [0.4, 0.5) is 0 Å². The van der Waals surface area contributed by atoms with Gasteiger partial charge in [-0.15, -0.1) is 0 Å². The van der Waals surface area contributed by atoms with Crippen molar-refractivity contribution in [2.24, 2.45) is 0 Å². The SMILES string of the molecule is CC(CN(C)C)Oc1cc2ccccc2c(-c2ccccc2)n1. The van der Waals surface area contributed by atoms with E-state index in [2.05, 4.69) is 36.1 Å². The fraction of sp³-hybridized carbons (Fsp3) is 0.250. The summed E-state index contributed by atoms with van der Waals surface area (Å²) < 4.78 is 6.04. The third-order valence-corrected chi connectivity index (χ3v) is 3.71. The third kappa shape index (κ3) is 3.69. The molecule has 0 aliphatic heterocycles. The van der Waals surface area contributed by atoms with E-state index in [0.717, 1.165) is 28.6 Å². The lowest BCUT2D eigenvalue weighted by Crippen LogP contribution is -2.28. The molecule has 23 heavy (non-hydrogen) atoms. The summed E-state index contributed by atoms with van der Waals surface area (Å²) in [5, 5.41) is 2.29. The predicted molar refractivity (Wildman–Crippen MR) is 95.8 cm³/mol. The lowest BCUT2D eigenvalue weighted by atomic mass is 10.0. The number of benzene rings is 2. The first-order valence-corrected chi connectivity index (χ1v) is 7.90. The van der Waals surface area contributed by atoms with Crippen LogP contribution in [0.15, 0.2) is 60.7 Å². The Labute approximate surface area is 137 Å². The smallest absolute Gasteiger partial charge is 0.214 e. The normalized spacial score (nSPS) is 12.5. The molecular weight excluding hydrogens is 284 g/mol. The van der Waals surface area contributed by atoms with Crippen LogP contribution in [0.1, 0.15) is 6.92 Å². The highest BCUT2D eigenvalue weighted by Gasteiger charge is 2.11. The van der Waals surface area contributed by atoms with Gasteiger partial charge in [0.05, 0.1) is 5.69 Å². The van der Waals surface area contributed by atoms with Crippen molar-refractivity contribution in [3.05, 3.63) is 60.7 Å². The van der Waals surface area contributed by atoms with E-state index in [4.69, 9.17) is 9.72 Å². The average molecular weight is 306 g/mol. The van der Waals surface area contributed by atoms with Crippen molar-refractivity contribution >= 4 is 10.8 Å². The Morgan fingerprint density at radius 3 is 2.43 bits per heavy atom. The summed E-state index contributed by atoms with van der Waals surface area (Å²) in [5.74, 6) is 0.678. The average Bonchev–Trinajstić information content (AvgIpc) is 2.54. The van der Waals surface area contributed by atoms with E-state index in [1.54, 1.807) is 0 Å². The Kier molecular flexibility index (Phi) is 4.58. The third-order valence-electron chi connectivity index (χ3n) is 3.71. The Bertz CT molecular complexity index is 784. The molecule has 2 aromatic carbocycles. The molecule has 1 heterocycles. The summed E-state index contributed by atoms with van der Waals surface area (Å²) >= 11 is 0. The maximum absolute atomic E-state index is 6.04. The molecule has 0 N–H and O–H groups in total. The fourth-order valence-electron chi connectivity index (χ4n) is 2.81. The monoisotopic (exact) mass is 306 g/mol. The van der Waals surface area contributed by atoms with Gasteiger partial charge in [-0.1, -0.05) is 54.6 Å². The highest BCUT2D eigenvalue weighted by molar-refractivity contribution is 5.95. The summed E-state index contributed by atoms with van der Waals surface area (Å²) in [7, 11) is 4.09. The zero-order valence-corrected chi connectivity index (χ0v) is 13.9. The fourth-order valence-corrected chi connectivity index (χ4v) is 2.81. The maximum Gasteiger partial charge on any atom is 0.214 e. The zero-order valence-electron chi connectivity index (χ0n) is 13.9. The number of fused-ring (bicyclic) bond motifs is 1. The zero-order chi connectivity index (χ0) is 16.2. The molecule has 3 rings (SSSR count). The number of rotatable bonds is 5. The number of pyridine rings is 1. The first-order chi connectivity index (χ1) is 11.1. The summed E-state index contributed by atoms with van der Waals surface area (Å²) in [6.07, 6.45) is 0.0854. The van der Waals surface area contributed by atoms with Gasteiger partial charge in [-0.3, -0.25) is 0 Å². The van der Waals surface area contributed by atoms with Crippen LogP contribution in [-0.2, 0) is 0 Å². The Morgan fingerprint density at radius 2 is 1.70 bits per heavy atom. The van der Waals surface area contributed by atoms with Gasteiger partial charge in [0.25, 0.3) is 0 Å². The minimum atomic E-state index is 0.0854. The Hall–Kier alpha value is -2.39. The van der Waals surface area contributed by atoms with E-state index in [-0.39, 0.29) is 6.10 Å². The molecule has 0 aliphatic rings. The van der Waals surface area contributed by atoms with Gasteiger partial charge in [-0.25, -0.2) is 4.98 Å². The minimum Gasteiger partial charge on any atom is -0.473 e. The van der Waals surface area contributed by atoms with Gasteiger partial charge < -0.3 is 9.64 Å². The second kappa shape index (κ2) is 6.80. The van der Waals surface area contributed by atoms with Crippen molar-refractivity contribution in [2.75, 3.05) is 20.6 Å². The molecule has 118 valence electrons. The van der Waals surface area contributed by atoms with Gasteiger partial charge in [-0.05, 0) is 26.4 Å². The lowest BCUT2D eigenvalue weighted by Gasteiger charge is -2.19. The molecule has 3 nitrogen and oxygen atoms in total. The number of aromatic nitrogens is 1. The van der Waals surface area contributed by atoms with Gasteiger partial charge in [0.1, 0.15) is 6.10 Å². The quantitative estimate of drug-likeness (QED) is 0.705. The van der Waals surface area contributed by atoms with Crippen LogP contribution < -0.4 is 4.74 Å². The van der Waals surface area contributed by atoms with Crippen molar-refractivity contribution in [1.82, 2.24) is 9.88 Å². The molecule has 3 aromatic rings. The van der Waals surface area contributed by atoms with E-state index in [9.17, 15) is 0 Å². The van der Waals surface area contributed by atoms with Crippen molar-refractivity contribution in [1.29, 1.82) is 0 Å². The highest BCUT2D eigenvalue weighted by Crippen LogP contribution is 2.30. The molecule has 0 saturated heterocycles. The molecule has 1 atom stereocenters. The summed E-state index contributed by atoms with van der Waals surface area (Å²) in [5.41, 5.74) is 2.07. The Balaban J connectivity index is 2.04. The van der Waals surface area contributed by atoms with Crippen LogP contribution in [0.3, 0.4) is 0 Å². The van der Waals surface area contributed by atoms with Crippen LogP contribution in [0.5, 0.6) is 5.88 Å². The predicted octanol–water partition coefficient (Wildman–Crippen LogP) is 4.23. The van der Waals surface area contributed by atoms with Gasteiger partial charge in [0, 0.05) is 23.6 Å². The van der Waals surface area contributed by atoms with Crippen LogP contribution in [-0.4, -0.2) is 36.6 Å². The molecule has 0 fully saturated rings. The van der Waals surface area contributed by atoms with Crippen molar-refractivity contribution < 1.29 is 4.74 Å². The van der Waals surface area contributed by atoms with Crippen LogP contribution >= 0.6 is 0 Å². The van der Waals surface area contributed by atoms with E-state index < -0.39 is 0 Å². The molecule has 0 saturated carbocycles. The topological polar surface area (TPSA) is 25.4 Å². The molecule has 0 amide bonds. The number of nitrogens with zero attached hydrogens (tertiary/aromatic N) is 2. The van der Waals surface area contributed by atoms with E-state index in [1.165, 1.54) is 0 Å². The highest BCUT2D eigenvalue weighted by atomic mass is 16.5. The van der Waals surface area contributed by atoms with Gasteiger partial charge in [0.15, 0.2) is 0 Å². The lowest BCUT2D eigenvalue weighted by molar-refractivity contribution is 0.171. The standard InChI is InChI=1S/C20H22N2O/c1-15(14-22(2)3)23-19-13-17-11-7-8-12-18(17)20(21-19)16-9-5-4-6-10-16/h4-13,15H,14H2,1-3H3. The Morgan fingerprint density at radius 1 is 1.00 bits per heavy atom. The van der Waals surface area contributed by atoms with Crippen LogP contribution in [0.2, 0.25) is 0 Å². The van der Waals surface area contributed by atoms with Gasteiger partial charge in [-0.2, -0.15) is 0 Å². The molecule has 0 aliphatic carbocycles. The molecule has 1 unspecified atom stereocenters. The van der Waals surface area contributed by atoms with Crippen LogP contribution in [0.25, 0.3) is 22.0 Å². The molecule has 1 aromatic heterocycles. The van der Waals surface area contributed by atoms with E-state index in [0.29, 0.717) is 5.88 Å². The number of hydrogen-bond donors (Lipinski definition) is 0. The second-order valence-electron chi connectivity index (χ2n) is 6.09. The molecule has 0 bridgehead atoms. The summed E-state index contributed by atoms with van der Waals surface area (Å²) in [4.78, 5) is 6.89. The number of hydrogen-bond acceptors (Lipinski definition) is 3. The maximum atomic E-state index is 6.04. The van der Waals surface area contributed by atoms with Gasteiger partial charge >= 0.3 is 0 Å². The first kappa shape index (κ1) is 15.5. The van der Waals surface area contributed by atoms with Crippen LogP contribution in [0, 0.1) is 0 Å². The largest absolute Gasteiger partial charge is 0.473 e. The first-order valence-electron chi connectivity index (χ1n) is 7.90.